The number of rotatable bonds is 1. The lowest BCUT2D eigenvalue weighted by Gasteiger charge is -2.39. The molecule has 2 unspecified atom stereocenters. The topological polar surface area (TPSA) is 21.3 Å². The Morgan fingerprint density at radius 2 is 2.38 bits per heavy atom. The quantitative estimate of drug-likeness (QED) is 0.667. The minimum absolute atomic E-state index is 0.664. The molecule has 1 aliphatic heterocycles. The van der Waals surface area contributed by atoms with Crippen LogP contribution in [-0.2, 0) is 4.74 Å². The van der Waals surface area contributed by atoms with Crippen molar-refractivity contribution in [1.82, 2.24) is 5.32 Å². The second-order valence-electron chi connectivity index (χ2n) is 4.27. The van der Waals surface area contributed by atoms with Crippen molar-refractivity contribution >= 4 is 0 Å². The number of fused-ring (bicyclic) bond motifs is 1. The zero-order valence-electron chi connectivity index (χ0n) is 8.55. The van der Waals surface area contributed by atoms with E-state index in [0.29, 0.717) is 6.04 Å². The van der Waals surface area contributed by atoms with E-state index in [1.54, 1.807) is 7.11 Å². The van der Waals surface area contributed by atoms with Crippen LogP contribution in [0.5, 0.6) is 0 Å². The van der Waals surface area contributed by atoms with Gasteiger partial charge in [0.25, 0.3) is 0 Å². The molecule has 2 heteroatoms. The van der Waals surface area contributed by atoms with Crippen molar-refractivity contribution in [2.45, 2.75) is 32.2 Å². The van der Waals surface area contributed by atoms with Crippen molar-refractivity contribution in [3.63, 3.8) is 0 Å². The number of methoxy groups -OCH3 is 1. The summed E-state index contributed by atoms with van der Waals surface area (Å²) in [5, 5.41) is 3.54. The van der Waals surface area contributed by atoms with Gasteiger partial charge < -0.3 is 10.1 Å². The van der Waals surface area contributed by atoms with Gasteiger partial charge >= 0.3 is 0 Å². The van der Waals surface area contributed by atoms with Crippen molar-refractivity contribution in [2.24, 2.45) is 11.8 Å². The van der Waals surface area contributed by atoms with Gasteiger partial charge in [0.05, 0.1) is 12.9 Å². The molecular weight excluding hydrogens is 162 g/mol. The number of nitrogens with one attached hydrogen (secondary N) is 1. The van der Waals surface area contributed by atoms with Gasteiger partial charge in [0.15, 0.2) is 0 Å². The van der Waals surface area contributed by atoms with E-state index in [0.717, 1.165) is 18.3 Å². The van der Waals surface area contributed by atoms with Crippen LogP contribution in [0.15, 0.2) is 11.8 Å². The van der Waals surface area contributed by atoms with Gasteiger partial charge in [0.1, 0.15) is 0 Å². The Morgan fingerprint density at radius 3 is 3.15 bits per heavy atom. The van der Waals surface area contributed by atoms with Crippen molar-refractivity contribution in [3.05, 3.63) is 11.8 Å². The van der Waals surface area contributed by atoms with Gasteiger partial charge in [0, 0.05) is 12.5 Å². The summed E-state index contributed by atoms with van der Waals surface area (Å²) < 4.78 is 5.32. The molecule has 0 aromatic heterocycles. The first-order valence-electron chi connectivity index (χ1n) is 5.27. The molecular formula is C11H19NO. The molecule has 2 aliphatic rings. The lowest BCUT2D eigenvalue weighted by molar-refractivity contribution is 0.149. The highest BCUT2D eigenvalue weighted by molar-refractivity contribution is 5.05. The van der Waals surface area contributed by atoms with Crippen LogP contribution in [0, 0.1) is 11.8 Å². The summed E-state index contributed by atoms with van der Waals surface area (Å²) in [6, 6.07) is 0.664. The van der Waals surface area contributed by atoms with Crippen LogP contribution in [-0.4, -0.2) is 19.7 Å². The van der Waals surface area contributed by atoms with Gasteiger partial charge in [-0.3, -0.25) is 0 Å². The van der Waals surface area contributed by atoms with Crippen molar-refractivity contribution in [1.29, 1.82) is 0 Å². The predicted molar refractivity (Wildman–Crippen MR) is 53.4 cm³/mol. The Morgan fingerprint density at radius 1 is 1.54 bits per heavy atom. The molecule has 1 N–H and O–H groups in total. The molecule has 0 aromatic carbocycles. The third kappa shape index (κ3) is 1.73. The van der Waals surface area contributed by atoms with E-state index in [1.165, 1.54) is 25.1 Å². The zero-order chi connectivity index (χ0) is 9.26. The van der Waals surface area contributed by atoms with Gasteiger partial charge in [-0.1, -0.05) is 0 Å². The fraction of sp³-hybridized carbons (Fsp3) is 0.818. The first kappa shape index (κ1) is 9.07. The lowest BCUT2D eigenvalue weighted by atomic mass is 9.74. The highest BCUT2D eigenvalue weighted by atomic mass is 16.5. The summed E-state index contributed by atoms with van der Waals surface area (Å²) in [5.41, 5.74) is 0. The Balaban J connectivity index is 2.06. The van der Waals surface area contributed by atoms with Crippen LogP contribution >= 0.6 is 0 Å². The highest BCUT2D eigenvalue weighted by Crippen LogP contribution is 2.36. The minimum atomic E-state index is 0.664. The number of hydrogen-bond acceptors (Lipinski definition) is 2. The first-order chi connectivity index (χ1) is 6.31. The molecule has 13 heavy (non-hydrogen) atoms. The number of hydrogen-bond donors (Lipinski definition) is 1. The van der Waals surface area contributed by atoms with Crippen molar-refractivity contribution < 1.29 is 4.74 Å². The Bertz CT molecular complexity index is 212. The van der Waals surface area contributed by atoms with Crippen LogP contribution in [0.25, 0.3) is 0 Å². The van der Waals surface area contributed by atoms with Gasteiger partial charge in [-0.05, 0) is 44.2 Å². The molecule has 3 atom stereocenters. The highest BCUT2D eigenvalue weighted by Gasteiger charge is 2.33. The van der Waals surface area contributed by atoms with E-state index in [9.17, 15) is 0 Å². The van der Waals surface area contributed by atoms with Crippen molar-refractivity contribution in [2.75, 3.05) is 13.7 Å². The SMILES string of the molecule is COC1=CCC2CCN[C@H](C)C2C1. The van der Waals surface area contributed by atoms with Crippen LogP contribution in [0.2, 0.25) is 0 Å². The van der Waals surface area contributed by atoms with Gasteiger partial charge in [-0.15, -0.1) is 0 Å². The first-order valence-corrected chi connectivity index (χ1v) is 5.27. The molecule has 0 bridgehead atoms. The summed E-state index contributed by atoms with van der Waals surface area (Å²) in [7, 11) is 1.78. The van der Waals surface area contributed by atoms with Gasteiger partial charge in [-0.2, -0.15) is 0 Å². The summed E-state index contributed by atoms with van der Waals surface area (Å²) >= 11 is 0. The van der Waals surface area contributed by atoms with Gasteiger partial charge in [0.2, 0.25) is 0 Å². The summed E-state index contributed by atoms with van der Waals surface area (Å²) in [6.07, 6.45) is 5.97. The lowest BCUT2D eigenvalue weighted by Crippen LogP contribution is -2.45. The number of piperidine rings is 1. The molecule has 2 nitrogen and oxygen atoms in total. The van der Waals surface area contributed by atoms with E-state index in [1.807, 2.05) is 0 Å². The molecule has 0 saturated carbocycles. The van der Waals surface area contributed by atoms with Crippen LogP contribution in [0.4, 0.5) is 0 Å². The average Bonchev–Trinajstić information content (AvgIpc) is 2.18. The molecule has 0 radical (unpaired) electrons. The van der Waals surface area contributed by atoms with Crippen LogP contribution in [0.1, 0.15) is 26.2 Å². The van der Waals surface area contributed by atoms with Gasteiger partial charge in [-0.25, -0.2) is 0 Å². The second-order valence-corrected chi connectivity index (χ2v) is 4.27. The number of ether oxygens (including phenoxy) is 1. The van der Waals surface area contributed by atoms with E-state index in [-0.39, 0.29) is 0 Å². The minimum Gasteiger partial charge on any atom is -0.501 e. The average molecular weight is 181 g/mol. The van der Waals surface area contributed by atoms with E-state index in [2.05, 4.69) is 18.3 Å². The third-order valence-corrected chi connectivity index (χ3v) is 3.58. The monoisotopic (exact) mass is 181 g/mol. The fourth-order valence-electron chi connectivity index (χ4n) is 2.67. The van der Waals surface area contributed by atoms with Crippen LogP contribution in [0.3, 0.4) is 0 Å². The fourth-order valence-corrected chi connectivity index (χ4v) is 2.67. The normalized spacial score (nSPS) is 39.2. The molecule has 1 saturated heterocycles. The standard InChI is InChI=1S/C11H19NO/c1-8-11-7-10(13-2)4-3-9(11)5-6-12-8/h4,8-9,11-12H,3,5-7H2,1-2H3/t8-,9?,11?/m1/s1. The van der Waals surface area contributed by atoms with E-state index in [4.69, 9.17) is 4.74 Å². The van der Waals surface area contributed by atoms with E-state index < -0.39 is 0 Å². The Kier molecular flexibility index (Phi) is 2.58. The van der Waals surface area contributed by atoms with Crippen molar-refractivity contribution in [3.8, 4) is 0 Å². The molecule has 2 rings (SSSR count). The maximum absolute atomic E-state index is 5.32. The maximum Gasteiger partial charge on any atom is 0.0919 e. The third-order valence-electron chi connectivity index (χ3n) is 3.58. The maximum atomic E-state index is 5.32. The van der Waals surface area contributed by atoms with Crippen LogP contribution < -0.4 is 5.32 Å². The summed E-state index contributed by atoms with van der Waals surface area (Å²) in [6.45, 7) is 3.49. The summed E-state index contributed by atoms with van der Waals surface area (Å²) in [4.78, 5) is 0. The smallest absolute Gasteiger partial charge is 0.0919 e. The molecule has 0 aromatic rings. The second kappa shape index (κ2) is 3.70. The largest absolute Gasteiger partial charge is 0.501 e. The zero-order valence-corrected chi connectivity index (χ0v) is 8.55. The molecule has 0 amide bonds. The molecule has 1 heterocycles. The molecule has 0 spiro atoms. The predicted octanol–water partition coefficient (Wildman–Crippen LogP) is 1.92. The van der Waals surface area contributed by atoms with E-state index >= 15 is 0 Å². The number of allylic oxidation sites excluding steroid dienone is 2. The molecule has 1 aliphatic carbocycles. The Labute approximate surface area is 80.4 Å². The molecule has 74 valence electrons. The summed E-state index contributed by atoms with van der Waals surface area (Å²) in [5.74, 6) is 2.89. The molecule has 1 fully saturated rings. The Hall–Kier alpha value is -0.500.